The number of nitrogens with zero attached hydrogens (tertiary/aromatic N) is 2. The molecule has 1 N–H and O–H groups in total. The zero-order valence-electron chi connectivity index (χ0n) is 8.87. The van der Waals surface area contributed by atoms with E-state index in [1.54, 1.807) is 14.0 Å². The SMILES string of the molecule is CNCC#Cc1cnc(Cl)c([N+](=O)[O-])c1C. The Balaban J connectivity index is 3.20. The number of nitrogens with one attached hydrogen (secondary N) is 1. The summed E-state index contributed by atoms with van der Waals surface area (Å²) in [5, 5.41) is 13.5. The first-order valence-corrected chi connectivity index (χ1v) is 4.88. The number of halogens is 1. The molecule has 6 heteroatoms. The molecule has 84 valence electrons. The minimum Gasteiger partial charge on any atom is -0.309 e. The lowest BCUT2D eigenvalue weighted by Gasteiger charge is -2.00. The average Bonchev–Trinajstić information content (AvgIpc) is 2.21. The van der Waals surface area contributed by atoms with Gasteiger partial charge < -0.3 is 5.32 Å². The first-order chi connectivity index (χ1) is 7.57. The number of rotatable bonds is 2. The van der Waals surface area contributed by atoms with Crippen LogP contribution < -0.4 is 5.32 Å². The molecule has 0 aliphatic carbocycles. The van der Waals surface area contributed by atoms with E-state index in [0.29, 0.717) is 17.7 Å². The van der Waals surface area contributed by atoms with Crippen molar-refractivity contribution < 1.29 is 4.92 Å². The van der Waals surface area contributed by atoms with Crippen molar-refractivity contribution in [2.24, 2.45) is 0 Å². The molecule has 16 heavy (non-hydrogen) atoms. The summed E-state index contributed by atoms with van der Waals surface area (Å²) in [5.41, 5.74) is 0.776. The molecule has 1 aromatic rings. The van der Waals surface area contributed by atoms with E-state index in [0.717, 1.165) is 0 Å². The van der Waals surface area contributed by atoms with Crippen LogP contribution in [0.4, 0.5) is 5.69 Å². The first kappa shape index (κ1) is 12.4. The Morgan fingerprint density at radius 1 is 1.69 bits per heavy atom. The van der Waals surface area contributed by atoms with Crippen LogP contribution in [0.15, 0.2) is 6.20 Å². The Labute approximate surface area is 98.0 Å². The quantitative estimate of drug-likeness (QED) is 0.368. The monoisotopic (exact) mass is 239 g/mol. The molecule has 0 saturated carbocycles. The van der Waals surface area contributed by atoms with Crippen LogP contribution in [0.2, 0.25) is 5.15 Å². The van der Waals surface area contributed by atoms with Crippen LogP contribution in [0.3, 0.4) is 0 Å². The maximum absolute atomic E-state index is 10.7. The predicted octanol–water partition coefficient (Wildman–Crippen LogP) is 1.52. The standard InChI is InChI=1S/C10H10ClN3O2/c1-7-8(4-3-5-12-2)6-13-10(11)9(7)14(15)16/h6,12H,5H2,1-2H3. The molecule has 0 spiro atoms. The van der Waals surface area contributed by atoms with E-state index < -0.39 is 4.92 Å². The summed E-state index contributed by atoms with van der Waals surface area (Å²) in [5.74, 6) is 5.61. The summed E-state index contributed by atoms with van der Waals surface area (Å²) < 4.78 is 0. The highest BCUT2D eigenvalue weighted by atomic mass is 35.5. The van der Waals surface area contributed by atoms with E-state index in [1.165, 1.54) is 6.20 Å². The largest absolute Gasteiger partial charge is 0.310 e. The number of pyridine rings is 1. The van der Waals surface area contributed by atoms with Gasteiger partial charge in [-0.25, -0.2) is 4.98 Å². The van der Waals surface area contributed by atoms with Gasteiger partial charge in [-0.3, -0.25) is 10.1 Å². The molecule has 0 atom stereocenters. The zero-order chi connectivity index (χ0) is 12.1. The van der Waals surface area contributed by atoms with Gasteiger partial charge >= 0.3 is 5.69 Å². The maximum atomic E-state index is 10.7. The van der Waals surface area contributed by atoms with Crippen molar-refractivity contribution in [2.75, 3.05) is 13.6 Å². The van der Waals surface area contributed by atoms with E-state index in [-0.39, 0.29) is 10.8 Å². The molecule has 0 saturated heterocycles. The van der Waals surface area contributed by atoms with Crippen LogP contribution in [0, 0.1) is 28.9 Å². The van der Waals surface area contributed by atoms with E-state index in [2.05, 4.69) is 22.1 Å². The smallest absolute Gasteiger partial charge is 0.309 e. The van der Waals surface area contributed by atoms with Gasteiger partial charge in [0.1, 0.15) is 0 Å². The van der Waals surface area contributed by atoms with Crippen LogP contribution in [0.25, 0.3) is 0 Å². The van der Waals surface area contributed by atoms with Crippen LogP contribution in [0.1, 0.15) is 11.1 Å². The van der Waals surface area contributed by atoms with Crippen molar-refractivity contribution in [1.82, 2.24) is 10.3 Å². The molecule has 0 radical (unpaired) electrons. The van der Waals surface area contributed by atoms with Crippen molar-refractivity contribution >= 4 is 17.3 Å². The second kappa shape index (κ2) is 5.45. The third-order valence-corrected chi connectivity index (χ3v) is 2.21. The second-order valence-corrected chi connectivity index (χ2v) is 3.38. The first-order valence-electron chi connectivity index (χ1n) is 4.51. The Morgan fingerprint density at radius 3 is 2.94 bits per heavy atom. The van der Waals surface area contributed by atoms with E-state index in [4.69, 9.17) is 11.6 Å². The molecule has 5 nitrogen and oxygen atoms in total. The highest BCUT2D eigenvalue weighted by Gasteiger charge is 2.19. The van der Waals surface area contributed by atoms with Crippen molar-refractivity contribution in [1.29, 1.82) is 0 Å². The van der Waals surface area contributed by atoms with Crippen LogP contribution in [-0.2, 0) is 0 Å². The summed E-state index contributed by atoms with van der Waals surface area (Å²) in [6, 6.07) is 0. The lowest BCUT2D eigenvalue weighted by atomic mass is 10.1. The number of hydrogen-bond donors (Lipinski definition) is 1. The summed E-state index contributed by atoms with van der Waals surface area (Å²) in [6.45, 7) is 2.12. The van der Waals surface area contributed by atoms with E-state index in [9.17, 15) is 10.1 Å². The van der Waals surface area contributed by atoms with Crippen LogP contribution in [0.5, 0.6) is 0 Å². The van der Waals surface area contributed by atoms with Gasteiger partial charge in [-0.1, -0.05) is 23.4 Å². The van der Waals surface area contributed by atoms with Crippen LogP contribution in [-0.4, -0.2) is 23.5 Å². The van der Waals surface area contributed by atoms with Crippen molar-refractivity contribution in [3.05, 3.63) is 32.6 Å². The summed E-state index contributed by atoms with van der Waals surface area (Å²) in [4.78, 5) is 13.9. The van der Waals surface area contributed by atoms with E-state index >= 15 is 0 Å². The summed E-state index contributed by atoms with van der Waals surface area (Å²) in [7, 11) is 1.77. The minimum atomic E-state index is -0.548. The molecular weight excluding hydrogens is 230 g/mol. The summed E-state index contributed by atoms with van der Waals surface area (Å²) >= 11 is 5.64. The third-order valence-electron chi connectivity index (χ3n) is 1.93. The number of hydrogen-bond acceptors (Lipinski definition) is 4. The van der Waals surface area contributed by atoms with E-state index in [1.807, 2.05) is 0 Å². The molecule has 0 unspecified atom stereocenters. The molecule has 0 aliphatic heterocycles. The zero-order valence-corrected chi connectivity index (χ0v) is 9.63. The topological polar surface area (TPSA) is 68.1 Å². The summed E-state index contributed by atoms with van der Waals surface area (Å²) in [6.07, 6.45) is 1.44. The highest BCUT2D eigenvalue weighted by molar-refractivity contribution is 6.31. The Hall–Kier alpha value is -1.64. The Bertz CT molecular complexity index is 477. The number of aromatic nitrogens is 1. The van der Waals surface area contributed by atoms with Gasteiger partial charge in [-0.2, -0.15) is 0 Å². The molecule has 1 aromatic heterocycles. The third kappa shape index (κ3) is 2.69. The number of nitro groups is 1. The molecule has 0 aliphatic rings. The molecule has 1 rings (SSSR count). The van der Waals surface area contributed by atoms with Gasteiger partial charge in [0.05, 0.1) is 17.0 Å². The molecule has 0 amide bonds. The van der Waals surface area contributed by atoms with Gasteiger partial charge in [0.15, 0.2) is 0 Å². The predicted molar refractivity (Wildman–Crippen MR) is 61.4 cm³/mol. The Kier molecular flexibility index (Phi) is 4.23. The van der Waals surface area contributed by atoms with Crippen molar-refractivity contribution in [3.63, 3.8) is 0 Å². The fourth-order valence-electron chi connectivity index (χ4n) is 1.13. The fraction of sp³-hybridized carbons (Fsp3) is 0.300. The average molecular weight is 240 g/mol. The highest BCUT2D eigenvalue weighted by Crippen LogP contribution is 2.27. The lowest BCUT2D eigenvalue weighted by molar-refractivity contribution is -0.385. The van der Waals surface area contributed by atoms with Gasteiger partial charge in [0.2, 0.25) is 5.15 Å². The van der Waals surface area contributed by atoms with Crippen LogP contribution >= 0.6 is 11.6 Å². The molecule has 1 heterocycles. The second-order valence-electron chi connectivity index (χ2n) is 3.03. The molecule has 0 fully saturated rings. The molecular formula is C10H10ClN3O2. The van der Waals surface area contributed by atoms with Gasteiger partial charge in [0, 0.05) is 11.8 Å². The minimum absolute atomic E-state index is 0.110. The van der Waals surface area contributed by atoms with Gasteiger partial charge in [-0.15, -0.1) is 0 Å². The normalized spacial score (nSPS) is 9.44. The molecule has 0 aromatic carbocycles. The maximum Gasteiger partial charge on any atom is 0.310 e. The lowest BCUT2D eigenvalue weighted by Crippen LogP contribution is -2.04. The van der Waals surface area contributed by atoms with Gasteiger partial charge in [0.25, 0.3) is 0 Å². The van der Waals surface area contributed by atoms with Crippen molar-refractivity contribution in [3.8, 4) is 11.8 Å². The molecule has 0 bridgehead atoms. The fourth-order valence-corrected chi connectivity index (χ4v) is 1.39. The van der Waals surface area contributed by atoms with Gasteiger partial charge in [-0.05, 0) is 14.0 Å². The van der Waals surface area contributed by atoms with Crippen molar-refractivity contribution in [2.45, 2.75) is 6.92 Å². The Morgan fingerprint density at radius 2 is 2.38 bits per heavy atom.